The quantitative estimate of drug-likeness (QED) is 0.376. The van der Waals surface area contributed by atoms with E-state index in [-0.39, 0.29) is 11.8 Å². The second-order valence-corrected chi connectivity index (χ2v) is 8.05. The average Bonchev–Trinajstić information content (AvgIpc) is 3.19. The van der Waals surface area contributed by atoms with Crippen molar-refractivity contribution < 1.29 is 9.47 Å². The number of nitrogens with two attached hydrogens (primary N) is 1. The van der Waals surface area contributed by atoms with E-state index < -0.39 is 0 Å². The fourth-order valence-corrected chi connectivity index (χ4v) is 3.57. The van der Waals surface area contributed by atoms with Gasteiger partial charge in [-0.3, -0.25) is 4.98 Å². The zero-order chi connectivity index (χ0) is 24.1. The lowest BCUT2D eigenvalue weighted by atomic mass is 10.1. The number of hydrogen-bond donors (Lipinski definition) is 1. The van der Waals surface area contributed by atoms with Crippen molar-refractivity contribution in [3.05, 3.63) is 59.4 Å². The minimum atomic E-state index is 0.153. The van der Waals surface area contributed by atoms with Crippen LogP contribution >= 0.6 is 0 Å². The molecule has 0 unspecified atom stereocenters. The molecule has 34 heavy (non-hydrogen) atoms. The summed E-state index contributed by atoms with van der Waals surface area (Å²) in [5, 5.41) is 9.34. The molecule has 174 valence electrons. The van der Waals surface area contributed by atoms with Crippen LogP contribution < -0.4 is 10.5 Å². The molecule has 0 amide bonds. The average molecular weight is 459 g/mol. The number of pyridine rings is 1. The highest BCUT2D eigenvalue weighted by molar-refractivity contribution is 5.86. The standard InChI is InChI=1S/C24H26N8O2/c1-31(2)14-16-4-6-17(7-5-16)15-32-22(19-10-18(11-25)12-27-13-19)28-20-21(26)29-24(30-23(20)32)34-9-8-33-3/h4-7,10,12-13H,8-9,14-15H2,1-3H3,(H2,26,29,30). The number of aromatic nitrogens is 5. The number of fused-ring (bicyclic) bond motifs is 1. The highest BCUT2D eigenvalue weighted by Gasteiger charge is 2.19. The number of imidazole rings is 1. The third kappa shape index (κ3) is 5.11. The first-order chi connectivity index (χ1) is 16.5. The number of methoxy groups -OCH3 is 1. The maximum Gasteiger partial charge on any atom is 0.320 e. The lowest BCUT2D eigenvalue weighted by molar-refractivity contribution is 0.141. The van der Waals surface area contributed by atoms with Crippen LogP contribution in [0.5, 0.6) is 6.01 Å². The molecule has 0 saturated carbocycles. The van der Waals surface area contributed by atoms with Gasteiger partial charge in [0.05, 0.1) is 18.7 Å². The molecule has 0 aliphatic carbocycles. The second kappa shape index (κ2) is 10.2. The van der Waals surface area contributed by atoms with Crippen LogP contribution in [0.3, 0.4) is 0 Å². The smallest absolute Gasteiger partial charge is 0.320 e. The van der Waals surface area contributed by atoms with Crippen LogP contribution in [0.1, 0.15) is 16.7 Å². The molecule has 10 heteroatoms. The van der Waals surface area contributed by atoms with E-state index in [1.165, 1.54) is 11.8 Å². The van der Waals surface area contributed by atoms with Crippen LogP contribution in [0.2, 0.25) is 0 Å². The predicted molar refractivity (Wildman–Crippen MR) is 128 cm³/mol. The first-order valence-electron chi connectivity index (χ1n) is 10.7. The van der Waals surface area contributed by atoms with Gasteiger partial charge in [0.2, 0.25) is 0 Å². The van der Waals surface area contributed by atoms with Gasteiger partial charge in [-0.05, 0) is 31.3 Å². The highest BCUT2D eigenvalue weighted by Crippen LogP contribution is 2.28. The van der Waals surface area contributed by atoms with Gasteiger partial charge in [-0.1, -0.05) is 24.3 Å². The van der Waals surface area contributed by atoms with E-state index in [0.717, 1.165) is 12.1 Å². The number of benzene rings is 1. The Balaban J connectivity index is 1.80. The van der Waals surface area contributed by atoms with Gasteiger partial charge in [-0.25, -0.2) is 4.98 Å². The number of nitrogen functional groups attached to an aromatic ring is 1. The maximum atomic E-state index is 9.34. The summed E-state index contributed by atoms with van der Waals surface area (Å²) in [5.74, 6) is 0.801. The van der Waals surface area contributed by atoms with Crippen molar-refractivity contribution in [2.75, 3.05) is 40.2 Å². The summed E-state index contributed by atoms with van der Waals surface area (Å²) in [4.78, 5) is 19.9. The summed E-state index contributed by atoms with van der Waals surface area (Å²) in [6, 6.07) is 12.4. The van der Waals surface area contributed by atoms with Crippen molar-refractivity contribution in [2.45, 2.75) is 13.1 Å². The summed E-state index contributed by atoms with van der Waals surface area (Å²) < 4.78 is 12.6. The Labute approximate surface area is 197 Å². The summed E-state index contributed by atoms with van der Waals surface area (Å²) in [7, 11) is 5.67. The first-order valence-corrected chi connectivity index (χ1v) is 10.7. The molecule has 0 atom stereocenters. The molecule has 0 spiro atoms. The Morgan fingerprint density at radius 3 is 2.53 bits per heavy atom. The maximum absolute atomic E-state index is 9.34. The van der Waals surface area contributed by atoms with E-state index in [0.29, 0.717) is 47.9 Å². The van der Waals surface area contributed by atoms with E-state index in [2.05, 4.69) is 50.2 Å². The van der Waals surface area contributed by atoms with Gasteiger partial charge >= 0.3 is 6.01 Å². The van der Waals surface area contributed by atoms with Gasteiger partial charge in [-0.2, -0.15) is 15.2 Å². The predicted octanol–water partition coefficient (Wildman–Crippen LogP) is 2.48. The lowest BCUT2D eigenvalue weighted by Crippen LogP contribution is -2.11. The fourth-order valence-electron chi connectivity index (χ4n) is 3.57. The van der Waals surface area contributed by atoms with Gasteiger partial charge in [0, 0.05) is 31.6 Å². The Morgan fingerprint density at radius 1 is 1.06 bits per heavy atom. The van der Waals surface area contributed by atoms with Crippen molar-refractivity contribution in [2.24, 2.45) is 0 Å². The van der Waals surface area contributed by atoms with Crippen LogP contribution in [0.25, 0.3) is 22.6 Å². The van der Waals surface area contributed by atoms with Crippen molar-refractivity contribution in [1.82, 2.24) is 29.4 Å². The molecular formula is C24H26N8O2. The van der Waals surface area contributed by atoms with Gasteiger partial charge in [0.25, 0.3) is 0 Å². The van der Waals surface area contributed by atoms with Gasteiger partial charge < -0.3 is 24.7 Å². The Bertz CT molecular complexity index is 1330. The van der Waals surface area contributed by atoms with Gasteiger partial charge in [0.1, 0.15) is 18.5 Å². The molecule has 0 fully saturated rings. The van der Waals surface area contributed by atoms with Crippen molar-refractivity contribution >= 4 is 17.0 Å². The van der Waals surface area contributed by atoms with E-state index in [4.69, 9.17) is 20.2 Å². The molecule has 1 aromatic carbocycles. The zero-order valence-corrected chi connectivity index (χ0v) is 19.4. The SMILES string of the molecule is COCCOc1nc(N)c2nc(-c3cncc(C#N)c3)n(Cc3ccc(CN(C)C)cc3)c2n1. The molecule has 3 aromatic heterocycles. The van der Waals surface area contributed by atoms with Crippen molar-refractivity contribution in [3.8, 4) is 23.5 Å². The minimum absolute atomic E-state index is 0.153. The van der Waals surface area contributed by atoms with E-state index in [9.17, 15) is 5.26 Å². The second-order valence-electron chi connectivity index (χ2n) is 8.05. The van der Waals surface area contributed by atoms with E-state index >= 15 is 0 Å². The zero-order valence-electron chi connectivity index (χ0n) is 19.4. The summed E-state index contributed by atoms with van der Waals surface area (Å²) in [6.07, 6.45) is 3.17. The monoisotopic (exact) mass is 458 g/mol. The third-order valence-electron chi connectivity index (χ3n) is 5.11. The van der Waals surface area contributed by atoms with Crippen LogP contribution in [0, 0.1) is 11.3 Å². The minimum Gasteiger partial charge on any atom is -0.461 e. The van der Waals surface area contributed by atoms with E-state index in [1.54, 1.807) is 19.4 Å². The highest BCUT2D eigenvalue weighted by atomic mass is 16.5. The third-order valence-corrected chi connectivity index (χ3v) is 5.11. The number of rotatable bonds is 9. The van der Waals surface area contributed by atoms with Crippen LogP contribution in [-0.2, 0) is 17.8 Å². The summed E-state index contributed by atoms with van der Waals surface area (Å²) in [6.45, 7) is 2.04. The molecule has 4 aromatic rings. The summed E-state index contributed by atoms with van der Waals surface area (Å²) in [5.41, 5.74) is 10.6. The molecule has 0 bridgehead atoms. The Hall–Kier alpha value is -4.07. The first kappa shape index (κ1) is 23.1. The number of nitrogens with zero attached hydrogens (tertiary/aromatic N) is 7. The molecule has 10 nitrogen and oxygen atoms in total. The molecule has 0 aliphatic rings. The number of ether oxygens (including phenoxy) is 2. The summed E-state index contributed by atoms with van der Waals surface area (Å²) >= 11 is 0. The number of hydrogen-bond acceptors (Lipinski definition) is 9. The fraction of sp³-hybridized carbons (Fsp3) is 0.292. The molecule has 4 rings (SSSR count). The molecule has 0 aliphatic heterocycles. The number of anilines is 1. The van der Waals surface area contributed by atoms with Crippen LogP contribution in [0.15, 0.2) is 42.7 Å². The molecular weight excluding hydrogens is 432 g/mol. The molecule has 2 N–H and O–H groups in total. The van der Waals surface area contributed by atoms with Crippen molar-refractivity contribution in [1.29, 1.82) is 5.26 Å². The molecule has 0 radical (unpaired) electrons. The largest absolute Gasteiger partial charge is 0.461 e. The lowest BCUT2D eigenvalue weighted by Gasteiger charge is -2.12. The number of nitriles is 1. The molecule has 0 saturated heterocycles. The van der Waals surface area contributed by atoms with E-state index in [1.807, 2.05) is 18.7 Å². The normalized spacial score (nSPS) is 11.1. The Kier molecular flexibility index (Phi) is 6.96. The van der Waals surface area contributed by atoms with Gasteiger partial charge in [-0.15, -0.1) is 0 Å². The Morgan fingerprint density at radius 2 is 1.82 bits per heavy atom. The van der Waals surface area contributed by atoms with Gasteiger partial charge in [0.15, 0.2) is 17.0 Å². The topological polar surface area (TPSA) is 128 Å². The molecule has 3 heterocycles. The van der Waals surface area contributed by atoms with Crippen molar-refractivity contribution in [3.63, 3.8) is 0 Å². The van der Waals surface area contributed by atoms with Crippen LogP contribution in [-0.4, -0.2) is 63.8 Å². The van der Waals surface area contributed by atoms with Crippen LogP contribution in [0.4, 0.5) is 5.82 Å².